The Labute approximate surface area is 142 Å². The first kappa shape index (κ1) is 16.3. The topological polar surface area (TPSA) is 58.2 Å². The molecule has 0 aromatic heterocycles. The average Bonchev–Trinajstić information content (AvgIpc) is 3.08. The Morgan fingerprint density at radius 2 is 1.87 bits per heavy atom. The third kappa shape index (κ3) is 4.05. The molecule has 0 bridgehead atoms. The van der Waals surface area contributed by atoms with Crippen molar-refractivity contribution in [2.75, 3.05) is 6.54 Å². The van der Waals surface area contributed by atoms with Gasteiger partial charge in [0, 0.05) is 18.0 Å². The van der Waals surface area contributed by atoms with E-state index in [9.17, 15) is 9.59 Å². The maximum Gasteiger partial charge on any atom is 0.225 e. The van der Waals surface area contributed by atoms with Crippen LogP contribution in [0.2, 0.25) is 5.02 Å². The lowest BCUT2D eigenvalue weighted by atomic mass is 9.90. The van der Waals surface area contributed by atoms with Gasteiger partial charge in [-0.05, 0) is 42.9 Å². The zero-order valence-corrected chi connectivity index (χ0v) is 13.9. The van der Waals surface area contributed by atoms with Crippen LogP contribution in [0.3, 0.4) is 0 Å². The van der Waals surface area contributed by atoms with Crippen LogP contribution in [0.5, 0.6) is 0 Å². The van der Waals surface area contributed by atoms with Crippen molar-refractivity contribution in [3.05, 3.63) is 34.9 Å². The molecule has 0 radical (unpaired) electrons. The highest BCUT2D eigenvalue weighted by molar-refractivity contribution is 6.30. The highest BCUT2D eigenvalue weighted by Gasteiger charge is 2.31. The van der Waals surface area contributed by atoms with Gasteiger partial charge in [0.15, 0.2) is 0 Å². The van der Waals surface area contributed by atoms with Crippen molar-refractivity contribution in [3.8, 4) is 0 Å². The van der Waals surface area contributed by atoms with Crippen molar-refractivity contribution >= 4 is 23.4 Å². The lowest BCUT2D eigenvalue weighted by molar-refractivity contribution is -0.129. The second-order valence-electron chi connectivity index (χ2n) is 6.62. The van der Waals surface area contributed by atoms with Gasteiger partial charge in [0.2, 0.25) is 11.8 Å². The third-order valence-electron chi connectivity index (χ3n) is 5.03. The van der Waals surface area contributed by atoms with E-state index in [0.717, 1.165) is 18.4 Å². The van der Waals surface area contributed by atoms with Gasteiger partial charge in [0.05, 0.1) is 12.0 Å². The van der Waals surface area contributed by atoms with Crippen molar-refractivity contribution in [2.45, 2.75) is 44.6 Å². The summed E-state index contributed by atoms with van der Waals surface area (Å²) in [6, 6.07) is 7.82. The van der Waals surface area contributed by atoms with Gasteiger partial charge < -0.3 is 10.6 Å². The molecule has 1 aromatic rings. The van der Waals surface area contributed by atoms with E-state index in [0.29, 0.717) is 30.3 Å². The highest BCUT2D eigenvalue weighted by atomic mass is 35.5. The Balaban J connectivity index is 1.71. The van der Waals surface area contributed by atoms with Crippen LogP contribution in [-0.4, -0.2) is 18.4 Å². The van der Waals surface area contributed by atoms with Crippen LogP contribution >= 0.6 is 11.6 Å². The summed E-state index contributed by atoms with van der Waals surface area (Å²) in [5, 5.41) is 6.74. The molecule has 1 saturated heterocycles. The van der Waals surface area contributed by atoms with Crippen molar-refractivity contribution in [3.63, 3.8) is 0 Å². The minimum atomic E-state index is -0.121. The number of benzene rings is 1. The average molecular weight is 335 g/mol. The van der Waals surface area contributed by atoms with E-state index in [1.807, 2.05) is 24.3 Å². The van der Waals surface area contributed by atoms with E-state index in [1.165, 1.54) is 12.8 Å². The summed E-state index contributed by atoms with van der Waals surface area (Å²) in [7, 11) is 0. The SMILES string of the molecule is O=C1CC[C@H](C(=O)N[C@@H](c2ccc(Cl)cc2)C2CCCC2)CN1. The summed E-state index contributed by atoms with van der Waals surface area (Å²) in [5.41, 5.74) is 1.12. The molecule has 23 heavy (non-hydrogen) atoms. The van der Waals surface area contributed by atoms with Crippen molar-refractivity contribution in [1.82, 2.24) is 10.6 Å². The Kier molecular flexibility index (Phi) is 5.21. The molecular formula is C18H23ClN2O2. The molecule has 4 nitrogen and oxygen atoms in total. The molecule has 2 atom stereocenters. The predicted molar refractivity (Wildman–Crippen MR) is 90.0 cm³/mol. The van der Waals surface area contributed by atoms with Gasteiger partial charge in [-0.1, -0.05) is 36.6 Å². The molecule has 2 fully saturated rings. The molecule has 2 amide bonds. The number of amides is 2. The first-order valence-electron chi connectivity index (χ1n) is 8.46. The minimum absolute atomic E-state index is 0.0408. The molecule has 124 valence electrons. The molecule has 0 spiro atoms. The van der Waals surface area contributed by atoms with E-state index in [1.54, 1.807) is 0 Å². The van der Waals surface area contributed by atoms with E-state index in [2.05, 4.69) is 10.6 Å². The Hall–Kier alpha value is -1.55. The maximum absolute atomic E-state index is 12.6. The molecule has 1 heterocycles. The molecule has 2 N–H and O–H groups in total. The fourth-order valence-electron chi connectivity index (χ4n) is 3.66. The summed E-state index contributed by atoms with van der Waals surface area (Å²) in [6.07, 6.45) is 5.82. The van der Waals surface area contributed by atoms with E-state index < -0.39 is 0 Å². The maximum atomic E-state index is 12.6. The smallest absolute Gasteiger partial charge is 0.225 e. The van der Waals surface area contributed by atoms with Crippen LogP contribution in [0.4, 0.5) is 0 Å². The quantitative estimate of drug-likeness (QED) is 0.888. The summed E-state index contributed by atoms with van der Waals surface area (Å²) < 4.78 is 0. The molecule has 3 rings (SSSR count). The zero-order valence-electron chi connectivity index (χ0n) is 13.2. The highest BCUT2D eigenvalue weighted by Crippen LogP contribution is 2.36. The lowest BCUT2D eigenvalue weighted by Gasteiger charge is -2.29. The predicted octanol–water partition coefficient (Wildman–Crippen LogP) is 3.21. The van der Waals surface area contributed by atoms with E-state index in [4.69, 9.17) is 11.6 Å². The number of nitrogens with one attached hydrogen (secondary N) is 2. The Bertz CT molecular complexity index is 557. The van der Waals surface area contributed by atoms with Crippen LogP contribution in [0, 0.1) is 11.8 Å². The molecule has 1 aliphatic carbocycles. The number of carbonyl (C=O) groups is 2. The standard InChI is InChI=1S/C18H23ClN2O2/c19-15-8-5-13(6-9-15)17(12-3-1-2-4-12)21-18(23)14-7-10-16(22)20-11-14/h5-6,8-9,12,14,17H,1-4,7,10-11H2,(H,20,22)(H,21,23)/t14-,17+/m0/s1. The van der Waals surface area contributed by atoms with Gasteiger partial charge in [-0.3, -0.25) is 9.59 Å². The van der Waals surface area contributed by atoms with E-state index in [-0.39, 0.29) is 23.8 Å². The number of rotatable bonds is 4. The Morgan fingerprint density at radius 1 is 1.17 bits per heavy atom. The molecule has 0 unspecified atom stereocenters. The number of halogens is 1. The minimum Gasteiger partial charge on any atom is -0.355 e. The summed E-state index contributed by atoms with van der Waals surface area (Å²) in [6.45, 7) is 0.447. The van der Waals surface area contributed by atoms with Gasteiger partial charge in [-0.2, -0.15) is 0 Å². The molecule has 1 aliphatic heterocycles. The van der Waals surface area contributed by atoms with Crippen molar-refractivity contribution < 1.29 is 9.59 Å². The molecule has 1 saturated carbocycles. The number of carbonyl (C=O) groups excluding carboxylic acids is 2. The monoisotopic (exact) mass is 334 g/mol. The fourth-order valence-corrected chi connectivity index (χ4v) is 3.79. The first-order chi connectivity index (χ1) is 11.1. The first-order valence-corrected chi connectivity index (χ1v) is 8.84. The van der Waals surface area contributed by atoms with Gasteiger partial charge in [0.25, 0.3) is 0 Å². The number of piperidine rings is 1. The molecule has 2 aliphatic rings. The van der Waals surface area contributed by atoms with Crippen molar-refractivity contribution in [1.29, 1.82) is 0 Å². The van der Waals surface area contributed by atoms with Gasteiger partial charge in [-0.15, -0.1) is 0 Å². The fraction of sp³-hybridized carbons (Fsp3) is 0.556. The zero-order chi connectivity index (χ0) is 16.2. The summed E-state index contributed by atoms with van der Waals surface area (Å²) in [4.78, 5) is 23.9. The largest absolute Gasteiger partial charge is 0.355 e. The second kappa shape index (κ2) is 7.35. The van der Waals surface area contributed by atoms with Crippen LogP contribution in [-0.2, 0) is 9.59 Å². The summed E-state index contributed by atoms with van der Waals surface area (Å²) >= 11 is 5.99. The van der Waals surface area contributed by atoms with Gasteiger partial charge in [-0.25, -0.2) is 0 Å². The van der Waals surface area contributed by atoms with Gasteiger partial charge >= 0.3 is 0 Å². The normalized spacial score (nSPS) is 23.3. The van der Waals surface area contributed by atoms with Crippen LogP contribution in [0.1, 0.15) is 50.1 Å². The molecule has 5 heteroatoms. The second-order valence-corrected chi connectivity index (χ2v) is 7.06. The van der Waals surface area contributed by atoms with Crippen LogP contribution in [0.15, 0.2) is 24.3 Å². The van der Waals surface area contributed by atoms with E-state index >= 15 is 0 Å². The molecule has 1 aromatic carbocycles. The van der Waals surface area contributed by atoms with Crippen LogP contribution < -0.4 is 10.6 Å². The number of hydrogen-bond acceptors (Lipinski definition) is 2. The number of hydrogen-bond donors (Lipinski definition) is 2. The summed E-state index contributed by atoms with van der Waals surface area (Å²) in [5.74, 6) is 0.457. The van der Waals surface area contributed by atoms with Gasteiger partial charge in [0.1, 0.15) is 0 Å². The molecular weight excluding hydrogens is 312 g/mol. The Morgan fingerprint density at radius 3 is 2.48 bits per heavy atom. The lowest BCUT2D eigenvalue weighted by Crippen LogP contribution is -2.44. The third-order valence-corrected chi connectivity index (χ3v) is 5.29. The van der Waals surface area contributed by atoms with Crippen molar-refractivity contribution in [2.24, 2.45) is 11.8 Å². The van der Waals surface area contributed by atoms with Crippen LogP contribution in [0.25, 0.3) is 0 Å².